The van der Waals surface area contributed by atoms with E-state index in [9.17, 15) is 15.0 Å². The maximum atomic E-state index is 11.5. The van der Waals surface area contributed by atoms with Gasteiger partial charge in [-0.2, -0.15) is 0 Å². The van der Waals surface area contributed by atoms with Crippen LogP contribution in [0.4, 0.5) is 0 Å². The molecule has 1 heterocycles. The molecule has 3 rings (SSSR count). The standard InChI is InChI=1S/C20H17NO3/c1-12-9-14(10-13(2)19(12)22)7-8-15-11-17(20(23)24)16-5-3-4-6-18(16)21-15/h3-11,22H,1-2H3,(H,23,24)/b8-7+. The van der Waals surface area contributed by atoms with Crippen LogP contribution in [-0.2, 0) is 0 Å². The molecule has 0 amide bonds. The summed E-state index contributed by atoms with van der Waals surface area (Å²) < 4.78 is 0. The Labute approximate surface area is 139 Å². The molecule has 0 spiro atoms. The number of aryl methyl sites for hydroxylation is 2. The molecule has 0 saturated heterocycles. The van der Waals surface area contributed by atoms with Crippen LogP contribution in [0, 0.1) is 13.8 Å². The molecule has 1 aromatic heterocycles. The minimum Gasteiger partial charge on any atom is -0.507 e. The first kappa shape index (κ1) is 15.7. The number of benzene rings is 2. The maximum absolute atomic E-state index is 11.5. The second kappa shape index (κ2) is 6.16. The molecular weight excluding hydrogens is 302 g/mol. The van der Waals surface area contributed by atoms with Crippen LogP contribution in [0.25, 0.3) is 23.1 Å². The van der Waals surface area contributed by atoms with Gasteiger partial charge in [-0.25, -0.2) is 9.78 Å². The summed E-state index contributed by atoms with van der Waals surface area (Å²) in [5.74, 6) is -0.677. The number of para-hydroxylation sites is 1. The summed E-state index contributed by atoms with van der Waals surface area (Å²) >= 11 is 0. The van der Waals surface area contributed by atoms with Gasteiger partial charge in [-0.3, -0.25) is 0 Å². The lowest BCUT2D eigenvalue weighted by molar-refractivity contribution is 0.0699. The number of aromatic nitrogens is 1. The van der Waals surface area contributed by atoms with Crippen molar-refractivity contribution in [2.24, 2.45) is 0 Å². The summed E-state index contributed by atoms with van der Waals surface area (Å²) in [6.45, 7) is 3.69. The van der Waals surface area contributed by atoms with Crippen molar-refractivity contribution < 1.29 is 15.0 Å². The predicted octanol–water partition coefficient (Wildman–Crippen LogP) is 4.43. The topological polar surface area (TPSA) is 70.4 Å². The van der Waals surface area contributed by atoms with Crippen molar-refractivity contribution in [3.8, 4) is 5.75 Å². The fraction of sp³-hybridized carbons (Fsp3) is 0.100. The number of carboxylic acid groups (broad SMARTS) is 1. The van der Waals surface area contributed by atoms with E-state index < -0.39 is 5.97 Å². The molecule has 0 saturated carbocycles. The zero-order chi connectivity index (χ0) is 17.3. The van der Waals surface area contributed by atoms with E-state index in [0.717, 1.165) is 16.7 Å². The van der Waals surface area contributed by atoms with Crippen LogP contribution in [0.5, 0.6) is 5.75 Å². The largest absolute Gasteiger partial charge is 0.507 e. The van der Waals surface area contributed by atoms with E-state index in [1.165, 1.54) is 0 Å². The minimum absolute atomic E-state index is 0.235. The average Bonchev–Trinajstić information content (AvgIpc) is 2.56. The molecule has 2 N–H and O–H groups in total. The molecule has 0 atom stereocenters. The van der Waals surface area contributed by atoms with Crippen LogP contribution in [0.15, 0.2) is 42.5 Å². The first-order valence-electron chi connectivity index (χ1n) is 7.57. The number of aromatic hydroxyl groups is 1. The van der Waals surface area contributed by atoms with Gasteiger partial charge in [0, 0.05) is 5.39 Å². The molecule has 120 valence electrons. The molecule has 0 bridgehead atoms. The summed E-state index contributed by atoms with van der Waals surface area (Å²) in [6.07, 6.45) is 3.65. The van der Waals surface area contributed by atoms with Crippen molar-refractivity contribution in [2.75, 3.05) is 0 Å². The Morgan fingerprint density at radius 3 is 2.38 bits per heavy atom. The molecule has 24 heavy (non-hydrogen) atoms. The molecule has 0 radical (unpaired) electrons. The van der Waals surface area contributed by atoms with Crippen molar-refractivity contribution in [3.05, 3.63) is 70.4 Å². The van der Waals surface area contributed by atoms with Crippen LogP contribution >= 0.6 is 0 Å². The third-order valence-corrected chi connectivity index (χ3v) is 3.93. The summed E-state index contributed by atoms with van der Waals surface area (Å²) in [6, 6.07) is 12.5. The van der Waals surface area contributed by atoms with Gasteiger partial charge in [0.15, 0.2) is 0 Å². The van der Waals surface area contributed by atoms with Gasteiger partial charge in [-0.15, -0.1) is 0 Å². The zero-order valence-electron chi connectivity index (χ0n) is 13.4. The van der Waals surface area contributed by atoms with Crippen molar-refractivity contribution in [1.29, 1.82) is 0 Å². The van der Waals surface area contributed by atoms with Gasteiger partial charge in [0.25, 0.3) is 0 Å². The number of pyridine rings is 1. The number of fused-ring (bicyclic) bond motifs is 1. The van der Waals surface area contributed by atoms with E-state index in [1.807, 2.05) is 38.1 Å². The molecule has 0 fully saturated rings. The lowest BCUT2D eigenvalue weighted by Crippen LogP contribution is -2.00. The van der Waals surface area contributed by atoms with Gasteiger partial charge >= 0.3 is 5.97 Å². The van der Waals surface area contributed by atoms with Crippen LogP contribution in [0.3, 0.4) is 0 Å². The highest BCUT2D eigenvalue weighted by Gasteiger charge is 2.10. The smallest absolute Gasteiger partial charge is 0.336 e. The van der Waals surface area contributed by atoms with Gasteiger partial charge in [0.05, 0.1) is 16.8 Å². The van der Waals surface area contributed by atoms with Crippen LogP contribution in [0.1, 0.15) is 32.7 Å². The van der Waals surface area contributed by atoms with Gasteiger partial charge in [0.2, 0.25) is 0 Å². The van der Waals surface area contributed by atoms with Crippen molar-refractivity contribution >= 4 is 29.0 Å². The quantitative estimate of drug-likeness (QED) is 0.749. The first-order chi connectivity index (χ1) is 11.5. The Bertz CT molecular complexity index is 951. The highest BCUT2D eigenvalue weighted by atomic mass is 16.4. The molecule has 4 heteroatoms. The number of hydrogen-bond donors (Lipinski definition) is 2. The monoisotopic (exact) mass is 319 g/mol. The molecular formula is C20H17NO3. The Morgan fingerprint density at radius 2 is 1.71 bits per heavy atom. The number of hydrogen-bond acceptors (Lipinski definition) is 3. The number of carbonyl (C=O) groups is 1. The number of phenolic OH excluding ortho intramolecular Hbond substituents is 1. The lowest BCUT2D eigenvalue weighted by Gasteiger charge is -2.06. The second-order valence-electron chi connectivity index (χ2n) is 5.75. The van der Waals surface area contributed by atoms with E-state index in [-0.39, 0.29) is 5.56 Å². The molecule has 2 aromatic carbocycles. The van der Waals surface area contributed by atoms with Crippen LogP contribution < -0.4 is 0 Å². The van der Waals surface area contributed by atoms with Gasteiger partial charge < -0.3 is 10.2 Å². The molecule has 0 unspecified atom stereocenters. The number of aromatic carboxylic acids is 1. The van der Waals surface area contributed by atoms with Crippen LogP contribution in [-0.4, -0.2) is 21.2 Å². The Morgan fingerprint density at radius 1 is 1.04 bits per heavy atom. The van der Waals surface area contributed by atoms with E-state index >= 15 is 0 Å². The van der Waals surface area contributed by atoms with Gasteiger partial charge in [-0.1, -0.05) is 24.3 Å². The van der Waals surface area contributed by atoms with E-state index in [1.54, 1.807) is 30.3 Å². The summed E-state index contributed by atoms with van der Waals surface area (Å²) in [7, 11) is 0. The third-order valence-electron chi connectivity index (χ3n) is 3.93. The number of rotatable bonds is 3. The average molecular weight is 319 g/mol. The summed E-state index contributed by atoms with van der Waals surface area (Å²) in [5.41, 5.74) is 3.98. The van der Waals surface area contributed by atoms with E-state index in [2.05, 4.69) is 4.98 Å². The summed E-state index contributed by atoms with van der Waals surface area (Å²) in [4.78, 5) is 16.0. The molecule has 3 aromatic rings. The predicted molar refractivity (Wildman–Crippen MR) is 95.2 cm³/mol. The zero-order valence-corrected chi connectivity index (χ0v) is 13.4. The normalized spacial score (nSPS) is 11.2. The van der Waals surface area contributed by atoms with E-state index in [4.69, 9.17) is 0 Å². The molecule has 0 aliphatic carbocycles. The highest BCUT2D eigenvalue weighted by Crippen LogP contribution is 2.24. The van der Waals surface area contributed by atoms with Crippen LogP contribution in [0.2, 0.25) is 0 Å². The Balaban J connectivity index is 2.05. The maximum Gasteiger partial charge on any atom is 0.336 e. The summed E-state index contributed by atoms with van der Waals surface area (Å²) in [5, 5.41) is 19.9. The molecule has 4 nitrogen and oxygen atoms in total. The second-order valence-corrected chi connectivity index (χ2v) is 5.75. The lowest BCUT2D eigenvalue weighted by atomic mass is 10.0. The van der Waals surface area contributed by atoms with E-state index in [0.29, 0.717) is 22.3 Å². The Kier molecular flexibility index (Phi) is 4.04. The Hall–Kier alpha value is -3.14. The number of carboxylic acids is 1. The number of nitrogens with zero attached hydrogens (tertiary/aromatic N) is 1. The van der Waals surface area contributed by atoms with Gasteiger partial charge in [-0.05, 0) is 60.9 Å². The first-order valence-corrected chi connectivity index (χ1v) is 7.57. The molecule has 0 aliphatic heterocycles. The van der Waals surface area contributed by atoms with Crippen molar-refractivity contribution in [2.45, 2.75) is 13.8 Å². The number of phenols is 1. The van der Waals surface area contributed by atoms with Gasteiger partial charge in [0.1, 0.15) is 5.75 Å². The fourth-order valence-corrected chi connectivity index (χ4v) is 2.73. The van der Waals surface area contributed by atoms with Crippen molar-refractivity contribution in [1.82, 2.24) is 4.98 Å². The van der Waals surface area contributed by atoms with Crippen molar-refractivity contribution in [3.63, 3.8) is 0 Å². The third kappa shape index (κ3) is 2.99. The molecule has 0 aliphatic rings. The fourth-order valence-electron chi connectivity index (χ4n) is 2.73. The SMILES string of the molecule is Cc1cc(/C=C/c2cc(C(=O)O)c3ccccc3n2)cc(C)c1O. The minimum atomic E-state index is -0.973. The highest BCUT2D eigenvalue weighted by molar-refractivity contribution is 6.03.